The monoisotopic (exact) mass is 437 g/mol. The Hall–Kier alpha value is -2.15. The van der Waals surface area contributed by atoms with Gasteiger partial charge in [-0.25, -0.2) is 34.2 Å². The second-order valence-electron chi connectivity index (χ2n) is 6.30. The molecule has 2 unspecified atom stereocenters. The molecule has 0 amide bonds. The molecule has 29 heavy (non-hydrogen) atoms. The number of hydrogen-bond acceptors (Lipinski definition) is 10. The summed E-state index contributed by atoms with van der Waals surface area (Å²) in [4.78, 5) is 38.7. The largest absolute Gasteiger partial charge is 0.488 e. The molecule has 2 aliphatic heterocycles. The Balaban J connectivity index is 1.53. The average Bonchev–Trinajstić information content (AvgIpc) is 3.40. The zero-order valence-corrected chi connectivity index (χ0v) is 16.1. The SMILES string of the molecule is [B][P+]1(O)OC[C@H]2O[C@@H](n3cnc4c(Cl)ncnc43)C(OC(=O)n3ccnc3)[C@H]2O1. The summed E-state index contributed by atoms with van der Waals surface area (Å²) in [5.74, 6) is 0. The van der Waals surface area contributed by atoms with Gasteiger partial charge in [0.25, 0.3) is 0 Å². The van der Waals surface area contributed by atoms with Crippen LogP contribution in [0, 0.1) is 0 Å². The van der Waals surface area contributed by atoms with Gasteiger partial charge >= 0.3 is 21.5 Å². The van der Waals surface area contributed by atoms with Crippen molar-refractivity contribution >= 4 is 44.2 Å². The van der Waals surface area contributed by atoms with Crippen molar-refractivity contribution in [2.24, 2.45) is 0 Å². The van der Waals surface area contributed by atoms with E-state index in [0.29, 0.717) is 11.2 Å². The Labute approximate surface area is 169 Å². The maximum absolute atomic E-state index is 12.5. The lowest BCUT2D eigenvalue weighted by Gasteiger charge is -2.29. The maximum Gasteiger partial charge on any atom is 0.488 e. The highest BCUT2D eigenvalue weighted by atomic mass is 35.5. The predicted molar refractivity (Wildman–Crippen MR) is 97.9 cm³/mol. The van der Waals surface area contributed by atoms with Gasteiger partial charge in [-0.05, 0) is 0 Å². The van der Waals surface area contributed by atoms with E-state index in [1.165, 1.54) is 31.4 Å². The van der Waals surface area contributed by atoms with Crippen LogP contribution < -0.4 is 0 Å². The predicted octanol–water partition coefficient (Wildman–Crippen LogP) is 0.881. The molecule has 0 aliphatic carbocycles. The molecular formula is C14H12BClN6O6P+. The number of ether oxygens (including phenoxy) is 2. The molecule has 1 N–H and O–H groups in total. The highest BCUT2D eigenvalue weighted by Crippen LogP contribution is 2.59. The minimum atomic E-state index is -3.57. The first kappa shape index (κ1) is 18.9. The van der Waals surface area contributed by atoms with Crippen LogP contribution >= 0.6 is 19.4 Å². The van der Waals surface area contributed by atoms with Crippen LogP contribution in [-0.2, 0) is 18.5 Å². The highest BCUT2D eigenvalue weighted by molar-refractivity contribution is 7.85. The van der Waals surface area contributed by atoms with Crippen LogP contribution in [0.25, 0.3) is 11.2 Å². The van der Waals surface area contributed by atoms with Crippen molar-refractivity contribution in [3.63, 3.8) is 0 Å². The molecular weight excluding hydrogens is 425 g/mol. The Kier molecular flexibility index (Phi) is 4.54. The standard InChI is InChI=1S/C14H12BClN6O6P/c15-29(24)25-3-7-9(28-29)10(27-14(23)21-2-1-17-5-21)13(26-7)22-6-20-8-11(16)18-4-19-12(8)22/h1-2,4-7,9-10,13,24H,3H2/q+1/t7-,9+,10?,13-,29?/m1/s1. The molecule has 5 heterocycles. The van der Waals surface area contributed by atoms with Gasteiger partial charge in [-0.3, -0.25) is 4.57 Å². The number of fused-ring (bicyclic) bond motifs is 2. The van der Waals surface area contributed by atoms with E-state index in [1.807, 2.05) is 0 Å². The summed E-state index contributed by atoms with van der Waals surface area (Å²) in [5.41, 5.74) is 0.725. The number of halogens is 1. The normalized spacial score (nSPS) is 31.7. The van der Waals surface area contributed by atoms with Gasteiger partial charge in [0.2, 0.25) is 0 Å². The summed E-state index contributed by atoms with van der Waals surface area (Å²) >= 11 is 6.07. The number of rotatable bonds is 2. The zero-order chi connectivity index (χ0) is 20.2. The van der Waals surface area contributed by atoms with E-state index < -0.39 is 38.5 Å². The fraction of sp³-hybridized carbons (Fsp3) is 0.357. The molecule has 3 aromatic rings. The van der Waals surface area contributed by atoms with Gasteiger partial charge in [-0.1, -0.05) is 11.6 Å². The molecule has 5 atom stereocenters. The minimum absolute atomic E-state index is 0.0383. The van der Waals surface area contributed by atoms with E-state index in [4.69, 9.17) is 37.7 Å². The lowest BCUT2D eigenvalue weighted by molar-refractivity contribution is -0.0606. The summed E-state index contributed by atoms with van der Waals surface area (Å²) in [6.45, 7) is -0.0383. The molecule has 15 heteroatoms. The Morgan fingerprint density at radius 2 is 2.24 bits per heavy atom. The van der Waals surface area contributed by atoms with Crippen LogP contribution in [0.1, 0.15) is 6.23 Å². The minimum Gasteiger partial charge on any atom is -0.438 e. The molecule has 5 rings (SSSR count). The molecule has 0 bridgehead atoms. The number of imidazole rings is 2. The second-order valence-corrected chi connectivity index (χ2v) is 8.26. The van der Waals surface area contributed by atoms with Crippen molar-refractivity contribution < 1.29 is 28.2 Å². The van der Waals surface area contributed by atoms with Gasteiger partial charge in [0.05, 0.1) is 6.33 Å². The Bertz CT molecular complexity index is 1070. The summed E-state index contributed by atoms with van der Waals surface area (Å²) in [6, 6.07) is 0. The van der Waals surface area contributed by atoms with Crippen LogP contribution in [-0.4, -0.2) is 72.5 Å². The van der Waals surface area contributed by atoms with Crippen molar-refractivity contribution in [2.75, 3.05) is 6.61 Å². The molecule has 2 saturated heterocycles. The third-order valence-electron chi connectivity index (χ3n) is 4.52. The molecule has 2 radical (unpaired) electrons. The zero-order valence-electron chi connectivity index (χ0n) is 14.5. The Morgan fingerprint density at radius 3 is 3.03 bits per heavy atom. The average molecular weight is 438 g/mol. The first-order valence-electron chi connectivity index (χ1n) is 8.34. The van der Waals surface area contributed by atoms with E-state index in [1.54, 1.807) is 4.57 Å². The molecule has 0 saturated carbocycles. The van der Waals surface area contributed by atoms with E-state index >= 15 is 0 Å². The van der Waals surface area contributed by atoms with Gasteiger partial charge in [-0.2, -0.15) is 9.05 Å². The molecule has 12 nitrogen and oxygen atoms in total. The summed E-state index contributed by atoms with van der Waals surface area (Å²) < 4.78 is 25.0. The van der Waals surface area contributed by atoms with Crippen LogP contribution in [0.5, 0.6) is 0 Å². The number of carbonyl (C=O) groups is 1. The summed E-state index contributed by atoms with van der Waals surface area (Å²) in [7, 11) is 2.08. The quantitative estimate of drug-likeness (QED) is 0.349. The van der Waals surface area contributed by atoms with Crippen molar-refractivity contribution in [2.45, 2.75) is 24.5 Å². The third kappa shape index (κ3) is 3.29. The van der Waals surface area contributed by atoms with Crippen molar-refractivity contribution in [1.82, 2.24) is 29.1 Å². The second kappa shape index (κ2) is 6.97. The molecule has 148 valence electrons. The van der Waals surface area contributed by atoms with Crippen LogP contribution in [0.3, 0.4) is 0 Å². The smallest absolute Gasteiger partial charge is 0.438 e. The van der Waals surface area contributed by atoms with Gasteiger partial charge < -0.3 is 9.47 Å². The molecule has 3 aromatic heterocycles. The lowest BCUT2D eigenvalue weighted by Crippen LogP contribution is -2.43. The fourth-order valence-corrected chi connectivity index (χ4v) is 4.46. The van der Waals surface area contributed by atoms with Gasteiger partial charge in [0.15, 0.2) is 29.2 Å². The van der Waals surface area contributed by atoms with Crippen molar-refractivity contribution in [1.29, 1.82) is 0 Å². The maximum atomic E-state index is 12.5. The van der Waals surface area contributed by atoms with E-state index in [0.717, 1.165) is 4.57 Å². The van der Waals surface area contributed by atoms with Gasteiger partial charge in [-0.15, -0.1) is 0 Å². The topological polar surface area (TPSA) is 136 Å². The number of hydrogen-bond donors (Lipinski definition) is 1. The van der Waals surface area contributed by atoms with E-state index in [9.17, 15) is 9.69 Å². The fourth-order valence-electron chi connectivity index (χ4n) is 3.26. The lowest BCUT2D eigenvalue weighted by atomic mass is 10.1. The van der Waals surface area contributed by atoms with Gasteiger partial charge in [0.1, 0.15) is 30.9 Å². The van der Waals surface area contributed by atoms with Crippen LogP contribution in [0.15, 0.2) is 31.4 Å². The highest BCUT2D eigenvalue weighted by Gasteiger charge is 2.59. The summed E-state index contributed by atoms with van der Waals surface area (Å²) in [5, 5.41) is 0.165. The molecule has 2 fully saturated rings. The first-order chi connectivity index (χ1) is 13.9. The van der Waals surface area contributed by atoms with Crippen LogP contribution in [0.4, 0.5) is 4.79 Å². The van der Waals surface area contributed by atoms with E-state index in [-0.39, 0.29) is 11.8 Å². The third-order valence-corrected chi connectivity index (χ3v) is 5.86. The Morgan fingerprint density at radius 1 is 1.38 bits per heavy atom. The number of carbonyl (C=O) groups excluding carboxylic acids is 1. The molecule has 0 aromatic carbocycles. The van der Waals surface area contributed by atoms with Crippen LogP contribution in [0.2, 0.25) is 5.15 Å². The molecule has 2 aliphatic rings. The number of nitrogens with zero attached hydrogens (tertiary/aromatic N) is 6. The summed E-state index contributed by atoms with van der Waals surface area (Å²) in [6.07, 6.45) is 2.74. The van der Waals surface area contributed by atoms with E-state index in [2.05, 4.69) is 19.9 Å². The molecule has 0 spiro atoms. The number of aromatic nitrogens is 6. The first-order valence-corrected chi connectivity index (χ1v) is 10.4. The van der Waals surface area contributed by atoms with Crippen molar-refractivity contribution in [3.05, 3.63) is 36.5 Å². The van der Waals surface area contributed by atoms with Crippen molar-refractivity contribution in [3.8, 4) is 0 Å². The van der Waals surface area contributed by atoms with Gasteiger partial charge in [0, 0.05) is 12.4 Å².